The Morgan fingerprint density at radius 1 is 1.39 bits per heavy atom. The van der Waals surface area contributed by atoms with Gasteiger partial charge in [0.2, 0.25) is 5.91 Å². The maximum Gasteiger partial charge on any atom is 0.307 e. The van der Waals surface area contributed by atoms with Crippen LogP contribution in [0.25, 0.3) is 0 Å². The lowest BCUT2D eigenvalue weighted by atomic mass is 9.82. The van der Waals surface area contributed by atoms with E-state index >= 15 is 0 Å². The van der Waals surface area contributed by atoms with E-state index in [0.29, 0.717) is 12.8 Å². The minimum atomic E-state index is -0.877. The normalized spacial score (nSPS) is 24.6. The van der Waals surface area contributed by atoms with Gasteiger partial charge in [-0.05, 0) is 25.5 Å². The molecule has 1 unspecified atom stereocenters. The van der Waals surface area contributed by atoms with Crippen LogP contribution >= 0.6 is 11.8 Å². The Labute approximate surface area is 112 Å². The summed E-state index contributed by atoms with van der Waals surface area (Å²) >= 11 is 1.69. The molecule has 5 heteroatoms. The number of rotatable bonds is 6. The zero-order valence-corrected chi connectivity index (χ0v) is 11.7. The molecule has 3 atom stereocenters. The average Bonchev–Trinajstić information content (AvgIpc) is 2.38. The lowest BCUT2D eigenvalue weighted by Crippen LogP contribution is -2.44. The standard InChI is InChI=1S/C13H21NO3S/c1-3-9(8-18-2)14-12(15)10-6-4-5-7-11(10)13(16)17/h4-5,9-11H,3,6-8H2,1-2H3,(H,14,15)(H,16,17)/t9?,10-,11+/m1/s1. The van der Waals surface area contributed by atoms with Gasteiger partial charge < -0.3 is 10.4 Å². The first-order chi connectivity index (χ1) is 8.60. The number of nitrogens with one attached hydrogen (secondary N) is 1. The molecule has 0 spiro atoms. The van der Waals surface area contributed by atoms with E-state index in [2.05, 4.69) is 5.32 Å². The first-order valence-electron chi connectivity index (χ1n) is 6.27. The fourth-order valence-corrected chi connectivity index (χ4v) is 2.87. The summed E-state index contributed by atoms with van der Waals surface area (Å²) in [7, 11) is 0. The van der Waals surface area contributed by atoms with Gasteiger partial charge in [-0.3, -0.25) is 9.59 Å². The molecule has 0 saturated carbocycles. The summed E-state index contributed by atoms with van der Waals surface area (Å²) < 4.78 is 0. The summed E-state index contributed by atoms with van der Waals surface area (Å²) in [5, 5.41) is 12.1. The molecule has 1 rings (SSSR count). The van der Waals surface area contributed by atoms with E-state index in [-0.39, 0.29) is 11.9 Å². The third-order valence-electron chi connectivity index (χ3n) is 3.29. The van der Waals surface area contributed by atoms with Crippen LogP contribution in [0.4, 0.5) is 0 Å². The van der Waals surface area contributed by atoms with Crippen molar-refractivity contribution < 1.29 is 14.7 Å². The van der Waals surface area contributed by atoms with Gasteiger partial charge in [-0.2, -0.15) is 11.8 Å². The molecule has 102 valence electrons. The molecule has 0 aliphatic heterocycles. The molecule has 0 radical (unpaired) electrons. The van der Waals surface area contributed by atoms with Gasteiger partial charge >= 0.3 is 5.97 Å². The van der Waals surface area contributed by atoms with Gasteiger partial charge in [-0.15, -0.1) is 0 Å². The number of carboxylic acid groups (broad SMARTS) is 1. The summed E-state index contributed by atoms with van der Waals surface area (Å²) in [6.07, 6.45) is 7.59. The van der Waals surface area contributed by atoms with Gasteiger partial charge in [0.15, 0.2) is 0 Å². The maximum absolute atomic E-state index is 12.1. The van der Waals surface area contributed by atoms with Crippen LogP contribution in [0.3, 0.4) is 0 Å². The van der Waals surface area contributed by atoms with Crippen LogP contribution in [0.5, 0.6) is 0 Å². The van der Waals surface area contributed by atoms with E-state index in [1.165, 1.54) is 0 Å². The molecule has 2 N–H and O–H groups in total. The van der Waals surface area contributed by atoms with Crippen LogP contribution in [0.1, 0.15) is 26.2 Å². The van der Waals surface area contributed by atoms with Crippen molar-refractivity contribution in [1.82, 2.24) is 5.32 Å². The number of hydrogen-bond acceptors (Lipinski definition) is 3. The third kappa shape index (κ3) is 4.05. The van der Waals surface area contributed by atoms with Crippen LogP contribution in [-0.4, -0.2) is 35.0 Å². The molecular weight excluding hydrogens is 250 g/mol. The molecule has 0 saturated heterocycles. The quantitative estimate of drug-likeness (QED) is 0.724. The minimum absolute atomic E-state index is 0.118. The second-order valence-corrected chi connectivity index (χ2v) is 5.47. The molecule has 0 fully saturated rings. The van der Waals surface area contributed by atoms with Crippen molar-refractivity contribution in [3.8, 4) is 0 Å². The van der Waals surface area contributed by atoms with Crippen molar-refractivity contribution in [2.75, 3.05) is 12.0 Å². The maximum atomic E-state index is 12.1. The van der Waals surface area contributed by atoms with Crippen molar-refractivity contribution in [3.05, 3.63) is 12.2 Å². The van der Waals surface area contributed by atoms with Crippen LogP contribution in [-0.2, 0) is 9.59 Å². The van der Waals surface area contributed by atoms with Crippen molar-refractivity contribution in [1.29, 1.82) is 0 Å². The highest BCUT2D eigenvalue weighted by Crippen LogP contribution is 2.26. The number of carboxylic acids is 1. The topological polar surface area (TPSA) is 66.4 Å². The van der Waals surface area contributed by atoms with E-state index in [0.717, 1.165) is 12.2 Å². The van der Waals surface area contributed by atoms with Crippen molar-refractivity contribution >= 4 is 23.6 Å². The lowest BCUT2D eigenvalue weighted by Gasteiger charge is -2.26. The largest absolute Gasteiger partial charge is 0.481 e. The molecule has 0 aromatic rings. The monoisotopic (exact) mass is 271 g/mol. The first kappa shape index (κ1) is 15.1. The first-order valence-corrected chi connectivity index (χ1v) is 7.66. The molecular formula is C13H21NO3S. The van der Waals surface area contributed by atoms with Gasteiger partial charge in [0.1, 0.15) is 0 Å². The van der Waals surface area contributed by atoms with Crippen molar-refractivity contribution in [3.63, 3.8) is 0 Å². The number of carbonyl (C=O) groups excluding carboxylic acids is 1. The van der Waals surface area contributed by atoms with E-state index in [4.69, 9.17) is 5.11 Å². The minimum Gasteiger partial charge on any atom is -0.481 e. The van der Waals surface area contributed by atoms with E-state index in [1.807, 2.05) is 25.3 Å². The van der Waals surface area contributed by atoms with Gasteiger partial charge in [0.05, 0.1) is 11.8 Å². The summed E-state index contributed by atoms with van der Waals surface area (Å²) in [5.74, 6) is -1.14. The third-order valence-corrected chi connectivity index (χ3v) is 4.03. The Kier molecular flexibility index (Phi) is 6.25. The van der Waals surface area contributed by atoms with Gasteiger partial charge in [0.25, 0.3) is 0 Å². The summed E-state index contributed by atoms with van der Waals surface area (Å²) in [6.45, 7) is 2.02. The second-order valence-electron chi connectivity index (χ2n) is 4.56. The predicted octanol–water partition coefficient (Wildman–Crippen LogP) is 1.91. The Morgan fingerprint density at radius 3 is 2.50 bits per heavy atom. The molecule has 0 bridgehead atoms. The highest BCUT2D eigenvalue weighted by molar-refractivity contribution is 7.98. The lowest BCUT2D eigenvalue weighted by molar-refractivity contribution is -0.147. The SMILES string of the molecule is CCC(CSC)NC(=O)[C@@H]1CC=CC[C@@H]1C(=O)O. The fraction of sp³-hybridized carbons (Fsp3) is 0.692. The molecule has 1 aliphatic rings. The number of amides is 1. The Hall–Kier alpha value is -0.970. The van der Waals surface area contributed by atoms with E-state index in [1.54, 1.807) is 11.8 Å². The number of hydrogen-bond donors (Lipinski definition) is 2. The zero-order chi connectivity index (χ0) is 13.5. The summed E-state index contributed by atoms with van der Waals surface area (Å²) in [6, 6.07) is 0.132. The predicted molar refractivity (Wildman–Crippen MR) is 73.6 cm³/mol. The molecule has 18 heavy (non-hydrogen) atoms. The molecule has 1 aliphatic carbocycles. The van der Waals surface area contributed by atoms with Gasteiger partial charge in [-0.25, -0.2) is 0 Å². The van der Waals surface area contributed by atoms with Gasteiger partial charge in [-0.1, -0.05) is 19.1 Å². The zero-order valence-electron chi connectivity index (χ0n) is 10.9. The van der Waals surface area contributed by atoms with Crippen LogP contribution in [0.15, 0.2) is 12.2 Å². The average molecular weight is 271 g/mol. The second kappa shape index (κ2) is 7.46. The van der Waals surface area contributed by atoms with Gasteiger partial charge in [0, 0.05) is 11.8 Å². The Bertz CT molecular complexity index is 330. The highest BCUT2D eigenvalue weighted by atomic mass is 32.2. The van der Waals surface area contributed by atoms with Crippen molar-refractivity contribution in [2.24, 2.45) is 11.8 Å². The molecule has 0 aromatic heterocycles. The highest BCUT2D eigenvalue weighted by Gasteiger charge is 2.34. The molecule has 0 heterocycles. The Morgan fingerprint density at radius 2 is 2.00 bits per heavy atom. The fourth-order valence-electron chi connectivity index (χ4n) is 2.15. The smallest absolute Gasteiger partial charge is 0.307 e. The van der Waals surface area contributed by atoms with Crippen LogP contribution in [0, 0.1) is 11.8 Å². The Balaban J connectivity index is 2.63. The number of thioether (sulfide) groups is 1. The molecule has 0 aromatic carbocycles. The number of allylic oxidation sites excluding steroid dienone is 2. The van der Waals surface area contributed by atoms with Crippen LogP contribution in [0.2, 0.25) is 0 Å². The summed E-state index contributed by atoms with van der Waals surface area (Å²) in [4.78, 5) is 23.3. The van der Waals surface area contributed by atoms with E-state index < -0.39 is 17.8 Å². The molecule has 4 nitrogen and oxygen atoms in total. The van der Waals surface area contributed by atoms with Crippen LogP contribution < -0.4 is 5.32 Å². The number of carbonyl (C=O) groups is 2. The number of aliphatic carboxylic acids is 1. The molecule has 1 amide bonds. The summed E-state index contributed by atoms with van der Waals surface area (Å²) in [5.41, 5.74) is 0. The van der Waals surface area contributed by atoms with Crippen molar-refractivity contribution in [2.45, 2.75) is 32.2 Å². The van der Waals surface area contributed by atoms with E-state index in [9.17, 15) is 9.59 Å².